The van der Waals surface area contributed by atoms with Gasteiger partial charge in [-0.2, -0.15) is 0 Å². The number of carboxylic acids is 1. The average molecular weight is 284 g/mol. The van der Waals surface area contributed by atoms with Gasteiger partial charge in [0, 0.05) is 0 Å². The van der Waals surface area contributed by atoms with E-state index in [2.05, 4.69) is 19.9 Å². The van der Waals surface area contributed by atoms with Crippen LogP contribution in [0.3, 0.4) is 0 Å². The van der Waals surface area contributed by atoms with Gasteiger partial charge in [0.05, 0.1) is 5.56 Å². The summed E-state index contributed by atoms with van der Waals surface area (Å²) in [5.74, 6) is 0.385. The van der Waals surface area contributed by atoms with Crippen LogP contribution >= 0.6 is 0 Å². The summed E-state index contributed by atoms with van der Waals surface area (Å²) in [6.07, 6.45) is 1.05. The molecule has 2 aromatic rings. The monoisotopic (exact) mass is 284 g/mol. The van der Waals surface area contributed by atoms with Crippen molar-refractivity contribution in [1.29, 1.82) is 0 Å². The lowest BCUT2D eigenvalue weighted by molar-refractivity contribution is 0.0696. The van der Waals surface area contributed by atoms with E-state index in [0.717, 1.165) is 17.7 Å². The minimum atomic E-state index is -0.920. The Balaban J connectivity index is 2.13. The lowest BCUT2D eigenvalue weighted by Crippen LogP contribution is -2.02. The van der Waals surface area contributed by atoms with Gasteiger partial charge in [-0.1, -0.05) is 44.2 Å². The van der Waals surface area contributed by atoms with Crippen LogP contribution in [0, 0.1) is 0 Å². The summed E-state index contributed by atoms with van der Waals surface area (Å²) >= 11 is 0. The second-order valence-electron chi connectivity index (χ2n) is 5.14. The van der Waals surface area contributed by atoms with Gasteiger partial charge in [0.1, 0.15) is 12.4 Å². The van der Waals surface area contributed by atoms with Crippen LogP contribution in [0.2, 0.25) is 0 Å². The molecule has 2 rings (SSSR count). The Morgan fingerprint density at radius 2 is 1.95 bits per heavy atom. The van der Waals surface area contributed by atoms with Gasteiger partial charge in [-0.15, -0.1) is 0 Å². The van der Waals surface area contributed by atoms with E-state index >= 15 is 0 Å². The quantitative estimate of drug-likeness (QED) is 0.850. The highest BCUT2D eigenvalue weighted by Gasteiger charge is 2.10. The maximum atomic E-state index is 11.0. The van der Waals surface area contributed by atoms with Crippen LogP contribution in [0.25, 0.3) is 0 Å². The number of ether oxygens (including phenoxy) is 1. The number of hydrogen-bond acceptors (Lipinski definition) is 2. The Morgan fingerprint density at radius 1 is 1.19 bits per heavy atom. The lowest BCUT2D eigenvalue weighted by Gasteiger charge is -2.15. The topological polar surface area (TPSA) is 46.5 Å². The summed E-state index contributed by atoms with van der Waals surface area (Å²) in [7, 11) is 0. The Kier molecular flexibility index (Phi) is 4.99. The van der Waals surface area contributed by atoms with Gasteiger partial charge in [-0.05, 0) is 41.7 Å². The van der Waals surface area contributed by atoms with Gasteiger partial charge in [-0.3, -0.25) is 0 Å². The number of carboxylic acid groups (broad SMARTS) is 1. The summed E-state index contributed by atoms with van der Waals surface area (Å²) < 4.78 is 5.89. The van der Waals surface area contributed by atoms with Crippen molar-refractivity contribution in [2.75, 3.05) is 0 Å². The highest BCUT2D eigenvalue weighted by Crippen LogP contribution is 2.29. The molecule has 2 aromatic carbocycles. The van der Waals surface area contributed by atoms with Crippen molar-refractivity contribution in [1.82, 2.24) is 0 Å². The van der Waals surface area contributed by atoms with Crippen LogP contribution in [-0.2, 0) is 6.61 Å². The van der Waals surface area contributed by atoms with Crippen LogP contribution in [-0.4, -0.2) is 11.1 Å². The second-order valence-corrected chi connectivity index (χ2v) is 5.14. The predicted octanol–water partition coefficient (Wildman–Crippen LogP) is 4.48. The Bertz CT molecular complexity index is 619. The molecule has 0 saturated carbocycles. The summed E-state index contributed by atoms with van der Waals surface area (Å²) in [5.41, 5.74) is 2.33. The molecule has 1 unspecified atom stereocenters. The molecule has 0 spiro atoms. The van der Waals surface area contributed by atoms with Gasteiger partial charge in [0.15, 0.2) is 0 Å². The van der Waals surface area contributed by atoms with Crippen molar-refractivity contribution in [2.45, 2.75) is 32.8 Å². The van der Waals surface area contributed by atoms with Gasteiger partial charge in [0.25, 0.3) is 0 Å². The number of benzene rings is 2. The van der Waals surface area contributed by atoms with Crippen molar-refractivity contribution in [2.24, 2.45) is 0 Å². The second kappa shape index (κ2) is 6.93. The largest absolute Gasteiger partial charge is 0.489 e. The fourth-order valence-corrected chi connectivity index (χ4v) is 2.19. The standard InChI is InChI=1S/C18H20O3/c1-3-13(2)16-9-4-5-10-17(16)21-12-14-7-6-8-15(11-14)18(19)20/h4-11,13H,3,12H2,1-2H3,(H,19,20). The number of rotatable bonds is 6. The summed E-state index contributed by atoms with van der Waals surface area (Å²) in [4.78, 5) is 11.0. The molecule has 0 aliphatic rings. The predicted molar refractivity (Wildman–Crippen MR) is 82.9 cm³/mol. The Hall–Kier alpha value is -2.29. The molecule has 0 saturated heterocycles. The van der Waals surface area contributed by atoms with Crippen molar-refractivity contribution < 1.29 is 14.6 Å². The van der Waals surface area contributed by atoms with E-state index in [9.17, 15) is 4.79 Å². The molecule has 0 radical (unpaired) electrons. The Labute approximate surface area is 125 Å². The van der Waals surface area contributed by atoms with Crippen molar-refractivity contribution in [3.8, 4) is 5.75 Å². The van der Waals surface area contributed by atoms with Crippen LogP contribution in [0.1, 0.15) is 47.7 Å². The molecular weight excluding hydrogens is 264 g/mol. The molecular formula is C18H20O3. The van der Waals surface area contributed by atoms with Gasteiger partial charge < -0.3 is 9.84 Å². The maximum Gasteiger partial charge on any atom is 0.335 e. The number of para-hydroxylation sites is 1. The molecule has 3 heteroatoms. The van der Waals surface area contributed by atoms with E-state index in [1.807, 2.05) is 24.3 Å². The molecule has 1 atom stereocenters. The number of aromatic carboxylic acids is 1. The SMILES string of the molecule is CCC(C)c1ccccc1OCc1cccc(C(=O)O)c1. The molecule has 0 amide bonds. The van der Waals surface area contributed by atoms with Crippen LogP contribution < -0.4 is 4.74 Å². The summed E-state index contributed by atoms with van der Waals surface area (Å²) in [6.45, 7) is 4.69. The van der Waals surface area contributed by atoms with Crippen LogP contribution in [0.4, 0.5) is 0 Å². The molecule has 0 bridgehead atoms. The normalized spacial score (nSPS) is 11.9. The summed E-state index contributed by atoms with van der Waals surface area (Å²) in [5, 5.41) is 9.00. The van der Waals surface area contributed by atoms with E-state index in [0.29, 0.717) is 12.5 Å². The fourth-order valence-electron chi connectivity index (χ4n) is 2.19. The first-order valence-corrected chi connectivity index (χ1v) is 7.15. The van der Waals surface area contributed by atoms with E-state index in [4.69, 9.17) is 9.84 Å². The highest BCUT2D eigenvalue weighted by molar-refractivity contribution is 5.87. The molecule has 0 aliphatic heterocycles. The fraction of sp³-hybridized carbons (Fsp3) is 0.278. The molecule has 0 heterocycles. The third-order valence-corrected chi connectivity index (χ3v) is 3.63. The summed E-state index contributed by atoms with van der Waals surface area (Å²) in [6, 6.07) is 14.8. The first kappa shape index (κ1) is 15.1. The minimum Gasteiger partial charge on any atom is -0.489 e. The van der Waals surface area contributed by atoms with Crippen LogP contribution in [0.15, 0.2) is 48.5 Å². The third-order valence-electron chi connectivity index (χ3n) is 3.63. The van der Waals surface area contributed by atoms with Crippen molar-refractivity contribution >= 4 is 5.97 Å². The molecule has 0 aliphatic carbocycles. The lowest BCUT2D eigenvalue weighted by atomic mass is 9.98. The van der Waals surface area contributed by atoms with Crippen molar-refractivity contribution in [3.05, 3.63) is 65.2 Å². The molecule has 21 heavy (non-hydrogen) atoms. The Morgan fingerprint density at radius 3 is 2.67 bits per heavy atom. The molecule has 0 fully saturated rings. The molecule has 0 aromatic heterocycles. The molecule has 3 nitrogen and oxygen atoms in total. The molecule has 1 N–H and O–H groups in total. The van der Waals surface area contributed by atoms with Crippen LogP contribution in [0.5, 0.6) is 5.75 Å². The van der Waals surface area contributed by atoms with E-state index in [1.54, 1.807) is 18.2 Å². The number of carbonyl (C=O) groups is 1. The maximum absolute atomic E-state index is 11.0. The first-order valence-electron chi connectivity index (χ1n) is 7.15. The third kappa shape index (κ3) is 3.85. The minimum absolute atomic E-state index is 0.284. The van der Waals surface area contributed by atoms with E-state index in [-0.39, 0.29) is 5.56 Å². The zero-order valence-electron chi connectivity index (χ0n) is 12.4. The van der Waals surface area contributed by atoms with E-state index in [1.165, 1.54) is 5.56 Å². The van der Waals surface area contributed by atoms with E-state index < -0.39 is 5.97 Å². The zero-order valence-corrected chi connectivity index (χ0v) is 12.4. The van der Waals surface area contributed by atoms with Gasteiger partial charge in [0.2, 0.25) is 0 Å². The number of hydrogen-bond donors (Lipinski definition) is 1. The molecule has 110 valence electrons. The van der Waals surface area contributed by atoms with Gasteiger partial charge in [-0.25, -0.2) is 4.79 Å². The first-order chi connectivity index (χ1) is 10.1. The average Bonchev–Trinajstić information content (AvgIpc) is 2.52. The smallest absolute Gasteiger partial charge is 0.335 e. The van der Waals surface area contributed by atoms with Gasteiger partial charge >= 0.3 is 5.97 Å². The van der Waals surface area contributed by atoms with Crippen molar-refractivity contribution in [3.63, 3.8) is 0 Å². The zero-order chi connectivity index (χ0) is 15.2. The highest BCUT2D eigenvalue weighted by atomic mass is 16.5.